The van der Waals surface area contributed by atoms with Gasteiger partial charge in [-0.3, -0.25) is 4.79 Å². The molecule has 5 heteroatoms. The molecule has 0 bridgehead atoms. The molecule has 1 fully saturated rings. The average molecular weight is 272 g/mol. The maximum absolute atomic E-state index is 13.2. The van der Waals surface area contributed by atoms with Gasteiger partial charge in [0, 0.05) is 6.54 Å². The molecular formula is C13H15ClFNO2. The summed E-state index contributed by atoms with van der Waals surface area (Å²) in [6.07, 6.45) is 3.30. The van der Waals surface area contributed by atoms with Gasteiger partial charge in [-0.05, 0) is 25.0 Å². The van der Waals surface area contributed by atoms with E-state index in [0.29, 0.717) is 12.8 Å². The Balaban J connectivity index is 2.01. The van der Waals surface area contributed by atoms with Crippen molar-refractivity contribution in [3.05, 3.63) is 34.6 Å². The van der Waals surface area contributed by atoms with Crippen molar-refractivity contribution >= 4 is 17.5 Å². The maximum atomic E-state index is 13.2. The van der Waals surface area contributed by atoms with Crippen LogP contribution in [0.5, 0.6) is 0 Å². The first kappa shape index (κ1) is 13.3. The van der Waals surface area contributed by atoms with Crippen LogP contribution in [-0.2, 0) is 0 Å². The standard InChI is InChI=1S/C13H15ClFNO2/c14-11-9(4-3-5-10(11)15)12(17)16-8-13(18)6-1-2-7-13/h3-5,18H,1-2,6-8H2,(H,16,17). The van der Waals surface area contributed by atoms with Crippen LogP contribution in [0.25, 0.3) is 0 Å². The zero-order chi connectivity index (χ0) is 13.2. The first-order valence-corrected chi connectivity index (χ1v) is 6.34. The molecule has 18 heavy (non-hydrogen) atoms. The first-order chi connectivity index (χ1) is 8.52. The lowest BCUT2D eigenvalue weighted by Gasteiger charge is -2.22. The molecule has 98 valence electrons. The summed E-state index contributed by atoms with van der Waals surface area (Å²) in [6, 6.07) is 4.09. The van der Waals surface area contributed by atoms with E-state index in [9.17, 15) is 14.3 Å². The van der Waals surface area contributed by atoms with Crippen molar-refractivity contribution in [2.75, 3.05) is 6.54 Å². The quantitative estimate of drug-likeness (QED) is 0.887. The van der Waals surface area contributed by atoms with Crippen LogP contribution in [0.15, 0.2) is 18.2 Å². The van der Waals surface area contributed by atoms with Crippen LogP contribution >= 0.6 is 11.6 Å². The molecule has 0 atom stereocenters. The summed E-state index contributed by atoms with van der Waals surface area (Å²) in [5.74, 6) is -1.08. The third-order valence-electron chi connectivity index (χ3n) is 3.31. The molecule has 0 saturated heterocycles. The Bertz CT molecular complexity index is 458. The molecule has 0 radical (unpaired) electrons. The first-order valence-electron chi connectivity index (χ1n) is 5.96. The largest absolute Gasteiger partial charge is 0.388 e. The lowest BCUT2D eigenvalue weighted by atomic mass is 10.0. The van der Waals surface area contributed by atoms with Crippen molar-refractivity contribution in [2.24, 2.45) is 0 Å². The molecule has 1 aliphatic carbocycles. The molecule has 0 aliphatic heterocycles. The second-order valence-electron chi connectivity index (χ2n) is 4.72. The maximum Gasteiger partial charge on any atom is 0.253 e. The molecule has 1 aliphatic rings. The lowest BCUT2D eigenvalue weighted by molar-refractivity contribution is 0.0449. The molecule has 0 heterocycles. The van der Waals surface area contributed by atoms with Gasteiger partial charge in [0.15, 0.2) is 0 Å². The zero-order valence-corrected chi connectivity index (χ0v) is 10.6. The van der Waals surface area contributed by atoms with E-state index >= 15 is 0 Å². The van der Waals surface area contributed by atoms with E-state index in [0.717, 1.165) is 12.8 Å². The molecule has 1 aromatic carbocycles. The number of amides is 1. The summed E-state index contributed by atoms with van der Waals surface area (Å²) in [7, 11) is 0. The van der Waals surface area contributed by atoms with Gasteiger partial charge in [0.2, 0.25) is 0 Å². The van der Waals surface area contributed by atoms with Gasteiger partial charge in [-0.25, -0.2) is 4.39 Å². The zero-order valence-electron chi connectivity index (χ0n) is 9.88. The molecule has 0 unspecified atom stereocenters. The Labute approximate surface area is 110 Å². The van der Waals surface area contributed by atoms with E-state index in [-0.39, 0.29) is 17.1 Å². The molecule has 1 amide bonds. The summed E-state index contributed by atoms with van der Waals surface area (Å²) in [5, 5.41) is 12.5. The molecule has 1 aromatic rings. The lowest BCUT2D eigenvalue weighted by Crippen LogP contribution is -2.40. The highest BCUT2D eigenvalue weighted by atomic mass is 35.5. The van der Waals surface area contributed by atoms with Crippen molar-refractivity contribution in [2.45, 2.75) is 31.3 Å². The summed E-state index contributed by atoms with van der Waals surface area (Å²) in [4.78, 5) is 11.8. The minimum Gasteiger partial charge on any atom is -0.388 e. The molecule has 0 spiro atoms. The molecule has 2 rings (SSSR count). The molecule has 0 aromatic heterocycles. The number of halogens is 2. The van der Waals surface area contributed by atoms with Crippen molar-refractivity contribution in [3.8, 4) is 0 Å². The molecule has 3 nitrogen and oxygen atoms in total. The Morgan fingerprint density at radius 2 is 2.11 bits per heavy atom. The number of benzene rings is 1. The minimum absolute atomic E-state index is 0.0956. The molecular weight excluding hydrogens is 257 g/mol. The fraction of sp³-hybridized carbons (Fsp3) is 0.462. The van der Waals surface area contributed by atoms with Crippen molar-refractivity contribution in [1.29, 1.82) is 0 Å². The van der Waals surface area contributed by atoms with Gasteiger partial charge < -0.3 is 10.4 Å². The second-order valence-corrected chi connectivity index (χ2v) is 5.09. The number of hydrogen-bond acceptors (Lipinski definition) is 2. The topological polar surface area (TPSA) is 49.3 Å². The van der Waals surface area contributed by atoms with Crippen LogP contribution in [0.4, 0.5) is 4.39 Å². The second kappa shape index (κ2) is 5.24. The summed E-state index contributed by atoms with van der Waals surface area (Å²) < 4.78 is 13.2. The Morgan fingerprint density at radius 1 is 1.44 bits per heavy atom. The van der Waals surface area contributed by atoms with E-state index in [1.165, 1.54) is 18.2 Å². The summed E-state index contributed by atoms with van der Waals surface area (Å²) in [6.45, 7) is 0.179. The normalized spacial score (nSPS) is 17.7. The predicted octanol–water partition coefficient (Wildman–Crippen LogP) is 2.51. The van der Waals surface area contributed by atoms with Crippen molar-refractivity contribution in [3.63, 3.8) is 0 Å². The highest BCUT2D eigenvalue weighted by Gasteiger charge is 2.31. The van der Waals surface area contributed by atoms with E-state index in [4.69, 9.17) is 11.6 Å². The monoisotopic (exact) mass is 271 g/mol. The third kappa shape index (κ3) is 2.82. The van der Waals surface area contributed by atoms with Crippen LogP contribution < -0.4 is 5.32 Å². The fourth-order valence-corrected chi connectivity index (χ4v) is 2.44. The Hall–Kier alpha value is -1.13. The Kier molecular flexibility index (Phi) is 3.88. The van der Waals surface area contributed by atoms with Crippen LogP contribution in [0.1, 0.15) is 36.0 Å². The van der Waals surface area contributed by atoms with Gasteiger partial charge in [0.05, 0.1) is 16.2 Å². The van der Waals surface area contributed by atoms with Crippen LogP contribution in [0.2, 0.25) is 5.02 Å². The molecule has 1 saturated carbocycles. The highest BCUT2D eigenvalue weighted by Crippen LogP contribution is 2.28. The summed E-state index contributed by atoms with van der Waals surface area (Å²) in [5.41, 5.74) is -0.728. The van der Waals surface area contributed by atoms with Gasteiger partial charge >= 0.3 is 0 Å². The number of carbonyl (C=O) groups is 1. The number of aliphatic hydroxyl groups is 1. The average Bonchev–Trinajstić information content (AvgIpc) is 2.77. The fourth-order valence-electron chi connectivity index (χ4n) is 2.23. The van der Waals surface area contributed by atoms with Crippen molar-refractivity contribution in [1.82, 2.24) is 5.32 Å². The summed E-state index contributed by atoms with van der Waals surface area (Å²) >= 11 is 5.72. The number of rotatable bonds is 3. The van der Waals surface area contributed by atoms with Gasteiger partial charge in [-0.1, -0.05) is 30.5 Å². The van der Waals surface area contributed by atoms with Crippen LogP contribution in [-0.4, -0.2) is 23.2 Å². The van der Waals surface area contributed by atoms with Gasteiger partial charge in [0.1, 0.15) is 5.82 Å². The smallest absolute Gasteiger partial charge is 0.253 e. The highest BCUT2D eigenvalue weighted by molar-refractivity contribution is 6.34. The predicted molar refractivity (Wildman–Crippen MR) is 67.2 cm³/mol. The molecule has 2 N–H and O–H groups in total. The van der Waals surface area contributed by atoms with Crippen molar-refractivity contribution < 1.29 is 14.3 Å². The van der Waals surface area contributed by atoms with E-state index < -0.39 is 17.3 Å². The van der Waals surface area contributed by atoms with E-state index in [2.05, 4.69) is 5.32 Å². The van der Waals surface area contributed by atoms with Gasteiger partial charge in [-0.2, -0.15) is 0 Å². The third-order valence-corrected chi connectivity index (χ3v) is 3.69. The van der Waals surface area contributed by atoms with Crippen LogP contribution in [0.3, 0.4) is 0 Å². The van der Waals surface area contributed by atoms with Crippen LogP contribution in [0, 0.1) is 5.82 Å². The number of nitrogens with one attached hydrogen (secondary N) is 1. The van der Waals surface area contributed by atoms with Gasteiger partial charge in [-0.15, -0.1) is 0 Å². The number of carbonyl (C=O) groups excluding carboxylic acids is 1. The van der Waals surface area contributed by atoms with Gasteiger partial charge in [0.25, 0.3) is 5.91 Å². The Morgan fingerprint density at radius 3 is 2.78 bits per heavy atom. The van der Waals surface area contributed by atoms with E-state index in [1.807, 2.05) is 0 Å². The van der Waals surface area contributed by atoms with E-state index in [1.54, 1.807) is 0 Å². The SMILES string of the molecule is O=C(NCC1(O)CCCC1)c1cccc(F)c1Cl. The minimum atomic E-state index is -0.824. The number of hydrogen-bond donors (Lipinski definition) is 2.